The van der Waals surface area contributed by atoms with Crippen molar-refractivity contribution in [3.8, 4) is 22.7 Å². The smallest absolute Gasteiger partial charge is 0.335 e. The van der Waals surface area contributed by atoms with Gasteiger partial charge in [0.15, 0.2) is 0 Å². The van der Waals surface area contributed by atoms with Crippen molar-refractivity contribution in [2.75, 3.05) is 0 Å². The number of carbonyl (C=O) groups is 1. The molecule has 0 radical (unpaired) electrons. The summed E-state index contributed by atoms with van der Waals surface area (Å²) in [6, 6.07) is 27.2. The SMILES string of the molecule is Cc1ccc(-c2cc(I)ccc2OCc2ccccc2)n1-c1cccc(C(=O)O)c1. The summed E-state index contributed by atoms with van der Waals surface area (Å²) in [5.74, 6) is -0.155. The van der Waals surface area contributed by atoms with E-state index in [1.54, 1.807) is 18.2 Å². The van der Waals surface area contributed by atoms with Crippen molar-refractivity contribution in [3.05, 3.63) is 105 Å². The van der Waals surface area contributed by atoms with E-state index in [0.29, 0.717) is 6.61 Å². The summed E-state index contributed by atoms with van der Waals surface area (Å²) in [4.78, 5) is 11.5. The van der Waals surface area contributed by atoms with Crippen LogP contribution in [0.5, 0.6) is 5.75 Å². The van der Waals surface area contributed by atoms with Crippen LogP contribution < -0.4 is 4.74 Å². The zero-order valence-electron chi connectivity index (χ0n) is 16.4. The van der Waals surface area contributed by atoms with E-state index in [2.05, 4.69) is 33.2 Å². The molecule has 0 unspecified atom stereocenters. The molecule has 0 bridgehead atoms. The summed E-state index contributed by atoms with van der Waals surface area (Å²) in [5.41, 5.74) is 5.10. The Balaban J connectivity index is 1.77. The summed E-state index contributed by atoms with van der Waals surface area (Å²) in [7, 11) is 0. The Morgan fingerprint density at radius 2 is 1.77 bits per heavy atom. The Morgan fingerprint density at radius 3 is 2.53 bits per heavy atom. The molecule has 1 aromatic heterocycles. The lowest BCUT2D eigenvalue weighted by atomic mass is 10.1. The van der Waals surface area contributed by atoms with E-state index in [0.717, 1.165) is 37.5 Å². The number of hydrogen-bond acceptors (Lipinski definition) is 2. The number of carboxylic acid groups (broad SMARTS) is 1. The monoisotopic (exact) mass is 509 g/mol. The molecule has 0 saturated heterocycles. The van der Waals surface area contributed by atoms with Gasteiger partial charge in [0.2, 0.25) is 0 Å². The number of nitrogens with zero attached hydrogens (tertiary/aromatic N) is 1. The third kappa shape index (κ3) is 4.26. The zero-order chi connectivity index (χ0) is 21.1. The van der Waals surface area contributed by atoms with Crippen molar-refractivity contribution in [1.29, 1.82) is 0 Å². The van der Waals surface area contributed by atoms with Gasteiger partial charge < -0.3 is 14.4 Å². The highest BCUT2D eigenvalue weighted by Crippen LogP contribution is 2.35. The maximum absolute atomic E-state index is 11.5. The second-order valence-electron chi connectivity index (χ2n) is 6.97. The Kier molecular flexibility index (Phi) is 5.90. The largest absolute Gasteiger partial charge is 0.488 e. The van der Waals surface area contributed by atoms with Crippen LogP contribution in [0.3, 0.4) is 0 Å². The van der Waals surface area contributed by atoms with E-state index in [1.165, 1.54) is 0 Å². The van der Waals surface area contributed by atoms with Gasteiger partial charge in [-0.25, -0.2) is 4.79 Å². The summed E-state index contributed by atoms with van der Waals surface area (Å²) < 4.78 is 9.34. The fourth-order valence-corrected chi connectivity index (χ4v) is 3.92. The average molecular weight is 509 g/mol. The van der Waals surface area contributed by atoms with E-state index >= 15 is 0 Å². The molecule has 150 valence electrons. The fourth-order valence-electron chi connectivity index (χ4n) is 3.43. The first-order valence-electron chi connectivity index (χ1n) is 9.51. The number of hydrogen-bond donors (Lipinski definition) is 1. The van der Waals surface area contributed by atoms with Crippen LogP contribution in [-0.4, -0.2) is 15.6 Å². The van der Waals surface area contributed by atoms with Crippen LogP contribution in [0.4, 0.5) is 0 Å². The summed E-state index contributed by atoms with van der Waals surface area (Å²) in [6.07, 6.45) is 0. The molecule has 1 heterocycles. The number of benzene rings is 3. The predicted molar refractivity (Wildman–Crippen MR) is 126 cm³/mol. The van der Waals surface area contributed by atoms with Gasteiger partial charge in [-0.1, -0.05) is 36.4 Å². The highest BCUT2D eigenvalue weighted by molar-refractivity contribution is 14.1. The minimum atomic E-state index is -0.940. The molecule has 5 heteroatoms. The van der Waals surface area contributed by atoms with Gasteiger partial charge in [-0.3, -0.25) is 0 Å². The molecule has 0 aliphatic heterocycles. The first-order chi connectivity index (χ1) is 14.5. The summed E-state index contributed by atoms with van der Waals surface area (Å²) in [5, 5.41) is 9.39. The van der Waals surface area contributed by atoms with Crippen LogP contribution in [0.1, 0.15) is 21.6 Å². The lowest BCUT2D eigenvalue weighted by molar-refractivity contribution is 0.0697. The maximum atomic E-state index is 11.5. The van der Waals surface area contributed by atoms with Gasteiger partial charge in [0.1, 0.15) is 12.4 Å². The number of aryl methyl sites for hydroxylation is 1. The Labute approximate surface area is 188 Å². The van der Waals surface area contributed by atoms with Crippen molar-refractivity contribution >= 4 is 28.6 Å². The highest BCUT2D eigenvalue weighted by atomic mass is 127. The van der Waals surface area contributed by atoms with Crippen molar-refractivity contribution < 1.29 is 14.6 Å². The van der Waals surface area contributed by atoms with Crippen LogP contribution in [0, 0.1) is 10.5 Å². The van der Waals surface area contributed by atoms with E-state index < -0.39 is 5.97 Å². The lowest BCUT2D eigenvalue weighted by Crippen LogP contribution is -2.04. The molecule has 0 aliphatic carbocycles. The van der Waals surface area contributed by atoms with Crippen molar-refractivity contribution in [3.63, 3.8) is 0 Å². The number of halogens is 1. The van der Waals surface area contributed by atoms with E-state index in [-0.39, 0.29) is 5.56 Å². The molecule has 0 amide bonds. The van der Waals surface area contributed by atoms with Crippen molar-refractivity contribution in [2.45, 2.75) is 13.5 Å². The normalized spacial score (nSPS) is 10.7. The number of carboxylic acids is 1. The van der Waals surface area contributed by atoms with Crippen LogP contribution in [0.15, 0.2) is 84.9 Å². The summed E-state index contributed by atoms with van der Waals surface area (Å²) >= 11 is 2.29. The number of aromatic carboxylic acids is 1. The average Bonchev–Trinajstić information content (AvgIpc) is 3.15. The van der Waals surface area contributed by atoms with Crippen LogP contribution >= 0.6 is 22.6 Å². The first-order valence-corrected chi connectivity index (χ1v) is 10.6. The lowest BCUT2D eigenvalue weighted by Gasteiger charge is -2.16. The standard InChI is InChI=1S/C25H20INO3/c1-17-10-12-23(27(17)21-9-5-8-19(14-21)25(28)29)22-15-20(26)11-13-24(22)30-16-18-6-3-2-4-7-18/h2-15H,16H2,1H3,(H,28,29). The molecule has 4 rings (SSSR count). The van der Waals surface area contributed by atoms with Gasteiger partial charge in [0.25, 0.3) is 0 Å². The van der Waals surface area contributed by atoms with E-state index in [9.17, 15) is 9.90 Å². The zero-order valence-corrected chi connectivity index (χ0v) is 18.5. The Morgan fingerprint density at radius 1 is 0.967 bits per heavy atom. The second-order valence-corrected chi connectivity index (χ2v) is 8.21. The molecule has 0 atom stereocenters. The van der Waals surface area contributed by atoms with E-state index in [4.69, 9.17) is 4.74 Å². The number of aromatic nitrogens is 1. The van der Waals surface area contributed by atoms with Crippen LogP contribution in [0.2, 0.25) is 0 Å². The fraction of sp³-hybridized carbons (Fsp3) is 0.0800. The molecule has 3 aromatic carbocycles. The minimum Gasteiger partial charge on any atom is -0.488 e. The molecule has 0 saturated carbocycles. The third-order valence-electron chi connectivity index (χ3n) is 4.88. The van der Waals surface area contributed by atoms with Crippen molar-refractivity contribution in [2.24, 2.45) is 0 Å². The first kappa shape index (κ1) is 20.2. The molecule has 1 N–H and O–H groups in total. The van der Waals surface area contributed by atoms with Crippen LogP contribution in [-0.2, 0) is 6.61 Å². The van der Waals surface area contributed by atoms with Crippen molar-refractivity contribution in [1.82, 2.24) is 4.57 Å². The predicted octanol–water partition coefficient (Wildman–Crippen LogP) is 6.33. The van der Waals surface area contributed by atoms with Gasteiger partial charge in [0, 0.05) is 20.5 Å². The Bertz CT molecular complexity index is 1200. The molecule has 30 heavy (non-hydrogen) atoms. The highest BCUT2D eigenvalue weighted by Gasteiger charge is 2.16. The quantitative estimate of drug-likeness (QED) is 0.309. The Hall–Kier alpha value is -3.06. The number of ether oxygens (including phenoxy) is 1. The number of rotatable bonds is 6. The van der Waals surface area contributed by atoms with Crippen LogP contribution in [0.25, 0.3) is 16.9 Å². The molecular weight excluding hydrogens is 489 g/mol. The van der Waals surface area contributed by atoms with Gasteiger partial charge >= 0.3 is 5.97 Å². The van der Waals surface area contributed by atoms with Gasteiger partial charge in [-0.05, 0) is 83.6 Å². The molecule has 4 aromatic rings. The van der Waals surface area contributed by atoms with Gasteiger partial charge in [-0.2, -0.15) is 0 Å². The molecule has 4 nitrogen and oxygen atoms in total. The molecule has 0 aliphatic rings. The maximum Gasteiger partial charge on any atom is 0.335 e. The topological polar surface area (TPSA) is 51.5 Å². The molecular formula is C25H20INO3. The van der Waals surface area contributed by atoms with Gasteiger partial charge in [-0.15, -0.1) is 0 Å². The third-order valence-corrected chi connectivity index (χ3v) is 5.55. The molecule has 0 fully saturated rings. The van der Waals surface area contributed by atoms with Gasteiger partial charge in [0.05, 0.1) is 11.3 Å². The minimum absolute atomic E-state index is 0.259. The van der Waals surface area contributed by atoms with E-state index in [1.807, 2.05) is 67.6 Å². The summed E-state index contributed by atoms with van der Waals surface area (Å²) in [6.45, 7) is 2.48. The second kappa shape index (κ2) is 8.75. The molecule has 0 spiro atoms.